The fourth-order valence-electron chi connectivity index (χ4n) is 1.98. The molecule has 4 heteroatoms. The molecular formula is C15H19NO2S. The standard InChI is InChI=1S/C15H19NO2S/c1-15(2,3)11-7-10(5-6-12(11)17)8-14-16(4)13(18)9-19-14/h5-8,17H,9H2,1-4H3. The quantitative estimate of drug-likeness (QED) is 0.857. The Morgan fingerprint density at radius 1 is 1.37 bits per heavy atom. The Labute approximate surface area is 118 Å². The highest BCUT2D eigenvalue weighted by atomic mass is 32.2. The van der Waals surface area contributed by atoms with Gasteiger partial charge in [-0.25, -0.2) is 0 Å². The number of hydrogen-bond donors (Lipinski definition) is 1. The monoisotopic (exact) mass is 277 g/mol. The van der Waals surface area contributed by atoms with Crippen LogP contribution >= 0.6 is 11.8 Å². The van der Waals surface area contributed by atoms with Crippen LogP contribution in [-0.4, -0.2) is 28.7 Å². The molecular weight excluding hydrogens is 258 g/mol. The van der Waals surface area contributed by atoms with Gasteiger partial charge in [0, 0.05) is 7.05 Å². The van der Waals surface area contributed by atoms with Crippen molar-refractivity contribution >= 4 is 23.7 Å². The Bertz CT molecular complexity index is 544. The molecule has 1 fully saturated rings. The van der Waals surface area contributed by atoms with Crippen LogP contribution in [0.2, 0.25) is 0 Å². The van der Waals surface area contributed by atoms with E-state index in [1.807, 2.05) is 18.2 Å². The third-order valence-electron chi connectivity index (χ3n) is 3.17. The van der Waals surface area contributed by atoms with Crippen LogP contribution in [0, 0.1) is 0 Å². The van der Waals surface area contributed by atoms with Crippen LogP contribution in [0.5, 0.6) is 5.75 Å². The lowest BCUT2D eigenvalue weighted by molar-refractivity contribution is -0.124. The van der Waals surface area contributed by atoms with Gasteiger partial charge in [-0.3, -0.25) is 4.79 Å². The number of amides is 1. The number of thioether (sulfide) groups is 1. The summed E-state index contributed by atoms with van der Waals surface area (Å²) in [5.41, 5.74) is 1.81. The molecule has 1 aliphatic rings. The molecule has 0 bridgehead atoms. The predicted octanol–water partition coefficient (Wildman–Crippen LogP) is 3.19. The Morgan fingerprint density at radius 2 is 2.05 bits per heavy atom. The van der Waals surface area contributed by atoms with Gasteiger partial charge in [0.05, 0.1) is 10.8 Å². The fourth-order valence-corrected chi connectivity index (χ4v) is 2.96. The molecule has 0 unspecified atom stereocenters. The summed E-state index contributed by atoms with van der Waals surface area (Å²) < 4.78 is 0. The summed E-state index contributed by atoms with van der Waals surface area (Å²) in [6.45, 7) is 6.21. The first-order chi connectivity index (χ1) is 8.79. The Morgan fingerprint density at radius 3 is 2.58 bits per heavy atom. The highest BCUT2D eigenvalue weighted by Gasteiger charge is 2.23. The number of hydrogen-bond acceptors (Lipinski definition) is 3. The molecule has 0 aromatic heterocycles. The number of rotatable bonds is 1. The zero-order valence-electron chi connectivity index (χ0n) is 11.7. The highest BCUT2D eigenvalue weighted by molar-refractivity contribution is 8.04. The van der Waals surface area contributed by atoms with Gasteiger partial charge in [-0.15, -0.1) is 0 Å². The molecule has 0 saturated carbocycles. The van der Waals surface area contributed by atoms with Gasteiger partial charge in [-0.1, -0.05) is 38.6 Å². The zero-order valence-corrected chi connectivity index (χ0v) is 12.5. The van der Waals surface area contributed by atoms with E-state index in [0.717, 1.165) is 16.2 Å². The molecule has 0 radical (unpaired) electrons. The maximum Gasteiger partial charge on any atom is 0.237 e. The minimum Gasteiger partial charge on any atom is -0.508 e. The van der Waals surface area contributed by atoms with Crippen LogP contribution in [0.1, 0.15) is 31.9 Å². The molecule has 19 heavy (non-hydrogen) atoms. The summed E-state index contributed by atoms with van der Waals surface area (Å²) in [4.78, 5) is 13.2. The van der Waals surface area contributed by atoms with E-state index in [-0.39, 0.29) is 11.3 Å². The van der Waals surface area contributed by atoms with Gasteiger partial charge in [-0.05, 0) is 34.8 Å². The number of aromatic hydroxyl groups is 1. The third kappa shape index (κ3) is 2.95. The summed E-state index contributed by atoms with van der Waals surface area (Å²) >= 11 is 1.55. The molecule has 1 N–H and O–H groups in total. The van der Waals surface area contributed by atoms with E-state index in [4.69, 9.17) is 0 Å². The first kappa shape index (κ1) is 14.0. The van der Waals surface area contributed by atoms with Crippen molar-refractivity contribution in [3.05, 3.63) is 34.4 Å². The van der Waals surface area contributed by atoms with E-state index in [1.165, 1.54) is 0 Å². The lowest BCUT2D eigenvalue weighted by atomic mass is 9.85. The average Bonchev–Trinajstić information content (AvgIpc) is 2.62. The lowest BCUT2D eigenvalue weighted by Gasteiger charge is -2.21. The summed E-state index contributed by atoms with van der Waals surface area (Å²) in [6.07, 6.45) is 1.99. The van der Waals surface area contributed by atoms with Crippen molar-refractivity contribution in [2.24, 2.45) is 0 Å². The molecule has 1 aliphatic heterocycles. The van der Waals surface area contributed by atoms with Crippen LogP contribution in [-0.2, 0) is 10.2 Å². The lowest BCUT2D eigenvalue weighted by Crippen LogP contribution is -2.18. The maximum absolute atomic E-state index is 11.5. The summed E-state index contributed by atoms with van der Waals surface area (Å²) in [5, 5.41) is 10.9. The van der Waals surface area contributed by atoms with Crippen molar-refractivity contribution in [1.82, 2.24) is 4.90 Å². The SMILES string of the molecule is CN1C(=O)CSC1=Cc1ccc(O)c(C(C)(C)C)c1. The van der Waals surface area contributed by atoms with E-state index >= 15 is 0 Å². The van der Waals surface area contributed by atoms with Gasteiger partial charge in [-0.2, -0.15) is 0 Å². The second-order valence-electron chi connectivity index (χ2n) is 5.75. The maximum atomic E-state index is 11.5. The molecule has 0 aliphatic carbocycles. The Kier molecular flexibility index (Phi) is 3.63. The van der Waals surface area contributed by atoms with Crippen molar-refractivity contribution in [2.75, 3.05) is 12.8 Å². The van der Waals surface area contributed by atoms with Crippen LogP contribution in [0.25, 0.3) is 6.08 Å². The van der Waals surface area contributed by atoms with Crippen LogP contribution in [0.3, 0.4) is 0 Å². The number of phenolic OH excluding ortho intramolecular Hbond substituents is 1. The number of carbonyl (C=O) groups excluding carboxylic acids is 1. The molecule has 1 saturated heterocycles. The van der Waals surface area contributed by atoms with E-state index in [0.29, 0.717) is 11.5 Å². The molecule has 1 heterocycles. The smallest absolute Gasteiger partial charge is 0.237 e. The second-order valence-corrected chi connectivity index (χ2v) is 6.75. The number of phenols is 1. The topological polar surface area (TPSA) is 40.5 Å². The summed E-state index contributed by atoms with van der Waals surface area (Å²) in [6, 6.07) is 5.57. The normalized spacial score (nSPS) is 18.4. The molecule has 102 valence electrons. The van der Waals surface area contributed by atoms with E-state index in [1.54, 1.807) is 29.8 Å². The van der Waals surface area contributed by atoms with E-state index in [9.17, 15) is 9.90 Å². The third-order valence-corrected chi connectivity index (χ3v) is 4.25. The minimum atomic E-state index is -0.108. The molecule has 1 aromatic rings. The van der Waals surface area contributed by atoms with Crippen molar-refractivity contribution in [2.45, 2.75) is 26.2 Å². The number of benzene rings is 1. The van der Waals surface area contributed by atoms with Gasteiger partial charge < -0.3 is 10.0 Å². The van der Waals surface area contributed by atoms with E-state index < -0.39 is 0 Å². The van der Waals surface area contributed by atoms with Gasteiger partial charge in [0.25, 0.3) is 0 Å². The van der Waals surface area contributed by atoms with Crippen molar-refractivity contribution in [1.29, 1.82) is 0 Å². The summed E-state index contributed by atoms with van der Waals surface area (Å²) in [5.74, 6) is 0.955. The fraction of sp³-hybridized carbons (Fsp3) is 0.400. The van der Waals surface area contributed by atoms with Crippen molar-refractivity contribution in [3.63, 3.8) is 0 Å². The highest BCUT2D eigenvalue weighted by Crippen LogP contribution is 2.34. The Hall–Kier alpha value is -1.42. The molecule has 3 nitrogen and oxygen atoms in total. The number of nitrogens with zero attached hydrogens (tertiary/aromatic N) is 1. The first-order valence-electron chi connectivity index (χ1n) is 6.23. The largest absolute Gasteiger partial charge is 0.508 e. The molecule has 1 aromatic carbocycles. The van der Waals surface area contributed by atoms with E-state index in [2.05, 4.69) is 20.8 Å². The van der Waals surface area contributed by atoms with Gasteiger partial charge in [0.1, 0.15) is 5.75 Å². The molecule has 1 amide bonds. The van der Waals surface area contributed by atoms with Crippen LogP contribution in [0.4, 0.5) is 0 Å². The zero-order chi connectivity index (χ0) is 14.2. The van der Waals surface area contributed by atoms with Crippen LogP contribution < -0.4 is 0 Å². The minimum absolute atomic E-state index is 0.108. The number of carbonyl (C=O) groups is 1. The van der Waals surface area contributed by atoms with Crippen molar-refractivity contribution in [3.8, 4) is 5.75 Å². The second kappa shape index (κ2) is 4.93. The predicted molar refractivity (Wildman–Crippen MR) is 80.0 cm³/mol. The molecule has 2 rings (SSSR count). The van der Waals surface area contributed by atoms with Crippen molar-refractivity contribution < 1.29 is 9.90 Å². The molecule has 0 atom stereocenters. The summed E-state index contributed by atoms with van der Waals surface area (Å²) in [7, 11) is 1.79. The van der Waals surface area contributed by atoms with Crippen LogP contribution in [0.15, 0.2) is 23.2 Å². The first-order valence-corrected chi connectivity index (χ1v) is 7.22. The Balaban J connectivity index is 2.37. The van der Waals surface area contributed by atoms with Gasteiger partial charge in [0.2, 0.25) is 5.91 Å². The van der Waals surface area contributed by atoms with Gasteiger partial charge >= 0.3 is 0 Å². The van der Waals surface area contributed by atoms with Gasteiger partial charge in [0.15, 0.2) is 0 Å². The average molecular weight is 277 g/mol. The molecule has 0 spiro atoms.